The lowest BCUT2D eigenvalue weighted by molar-refractivity contribution is 0.307. The first-order valence-electron chi connectivity index (χ1n) is 6.50. The van der Waals surface area contributed by atoms with E-state index in [0.717, 1.165) is 10.9 Å². The van der Waals surface area contributed by atoms with Crippen LogP contribution in [0.4, 0.5) is 8.78 Å². The molecule has 0 saturated heterocycles. The standard InChI is InChI=1S/C15H15BrF2N2/c1-2-3-13(17)6-10-4-5-11(7-14(10)18)15-19-8-12(16)9-20-15/h4-5,7-9,13H,2-3,6H2,1H3. The Morgan fingerprint density at radius 3 is 2.55 bits per heavy atom. The van der Waals surface area contributed by atoms with E-state index >= 15 is 0 Å². The first-order chi connectivity index (χ1) is 9.60. The summed E-state index contributed by atoms with van der Waals surface area (Å²) in [5, 5.41) is 0. The molecule has 20 heavy (non-hydrogen) atoms. The maximum atomic E-state index is 14.0. The van der Waals surface area contributed by atoms with Crippen LogP contribution in [0.2, 0.25) is 0 Å². The number of halogens is 3. The zero-order chi connectivity index (χ0) is 14.5. The molecular weight excluding hydrogens is 326 g/mol. The third-order valence-electron chi connectivity index (χ3n) is 2.97. The average Bonchev–Trinajstić information content (AvgIpc) is 2.42. The monoisotopic (exact) mass is 340 g/mol. The van der Waals surface area contributed by atoms with Crippen molar-refractivity contribution >= 4 is 15.9 Å². The van der Waals surface area contributed by atoms with Gasteiger partial charge in [0.05, 0.1) is 4.47 Å². The van der Waals surface area contributed by atoms with E-state index in [-0.39, 0.29) is 6.42 Å². The first kappa shape index (κ1) is 15.0. The second kappa shape index (κ2) is 6.88. The molecule has 2 aromatic rings. The Balaban J connectivity index is 2.19. The van der Waals surface area contributed by atoms with Gasteiger partial charge in [0, 0.05) is 24.4 Å². The van der Waals surface area contributed by atoms with Crippen LogP contribution in [0.3, 0.4) is 0 Å². The van der Waals surface area contributed by atoms with E-state index in [2.05, 4.69) is 25.9 Å². The van der Waals surface area contributed by atoms with Crippen LogP contribution >= 0.6 is 15.9 Å². The predicted octanol–water partition coefficient (Wildman–Crippen LogP) is 4.73. The van der Waals surface area contributed by atoms with Gasteiger partial charge in [0.2, 0.25) is 0 Å². The van der Waals surface area contributed by atoms with Crippen LogP contribution in [0.1, 0.15) is 25.3 Å². The minimum Gasteiger partial charge on any atom is -0.247 e. The summed E-state index contributed by atoms with van der Waals surface area (Å²) in [7, 11) is 0. The van der Waals surface area contributed by atoms with Crippen LogP contribution in [0, 0.1) is 5.82 Å². The molecule has 0 aliphatic carbocycles. The summed E-state index contributed by atoms with van der Waals surface area (Å²) in [4.78, 5) is 8.22. The molecule has 0 fully saturated rings. The fourth-order valence-corrected chi connectivity index (χ4v) is 2.17. The van der Waals surface area contributed by atoms with Crippen LogP contribution in [0.5, 0.6) is 0 Å². The maximum absolute atomic E-state index is 14.0. The lowest BCUT2D eigenvalue weighted by Crippen LogP contribution is -2.06. The van der Waals surface area contributed by atoms with Gasteiger partial charge in [-0.2, -0.15) is 0 Å². The van der Waals surface area contributed by atoms with E-state index in [1.807, 2.05) is 6.92 Å². The van der Waals surface area contributed by atoms with Gasteiger partial charge in [0.25, 0.3) is 0 Å². The number of rotatable bonds is 5. The summed E-state index contributed by atoms with van der Waals surface area (Å²) in [5.74, 6) is 0.0387. The Kier molecular flexibility index (Phi) is 5.17. The lowest BCUT2D eigenvalue weighted by atomic mass is 10.0. The topological polar surface area (TPSA) is 25.8 Å². The van der Waals surface area contributed by atoms with Crippen molar-refractivity contribution in [3.05, 3.63) is 46.4 Å². The zero-order valence-corrected chi connectivity index (χ0v) is 12.7. The van der Waals surface area contributed by atoms with Crippen LogP contribution in [0.15, 0.2) is 35.1 Å². The molecule has 106 valence electrons. The lowest BCUT2D eigenvalue weighted by Gasteiger charge is -2.09. The van der Waals surface area contributed by atoms with Crippen molar-refractivity contribution in [1.82, 2.24) is 9.97 Å². The molecule has 1 aromatic carbocycles. The summed E-state index contributed by atoms with van der Waals surface area (Å²) < 4.78 is 28.3. The average molecular weight is 341 g/mol. The number of aromatic nitrogens is 2. The number of nitrogens with zero attached hydrogens (tertiary/aromatic N) is 2. The molecule has 0 N–H and O–H groups in total. The van der Waals surface area contributed by atoms with Crippen molar-refractivity contribution in [2.45, 2.75) is 32.4 Å². The van der Waals surface area contributed by atoms with Crippen molar-refractivity contribution in [2.24, 2.45) is 0 Å². The minimum absolute atomic E-state index is 0.112. The van der Waals surface area contributed by atoms with Gasteiger partial charge >= 0.3 is 0 Å². The van der Waals surface area contributed by atoms with E-state index in [9.17, 15) is 8.78 Å². The van der Waals surface area contributed by atoms with Gasteiger partial charge in [-0.3, -0.25) is 0 Å². The van der Waals surface area contributed by atoms with Crippen LogP contribution in [-0.2, 0) is 6.42 Å². The van der Waals surface area contributed by atoms with Crippen LogP contribution in [0.25, 0.3) is 11.4 Å². The van der Waals surface area contributed by atoms with Crippen LogP contribution in [-0.4, -0.2) is 16.1 Å². The minimum atomic E-state index is -0.996. The predicted molar refractivity (Wildman–Crippen MR) is 78.6 cm³/mol. The molecule has 2 nitrogen and oxygen atoms in total. The molecule has 0 bridgehead atoms. The summed E-state index contributed by atoms with van der Waals surface area (Å²) >= 11 is 3.25. The molecular formula is C15H15BrF2N2. The molecule has 1 aromatic heterocycles. The molecule has 1 unspecified atom stereocenters. The van der Waals surface area contributed by atoms with Gasteiger partial charge in [-0.15, -0.1) is 0 Å². The van der Waals surface area contributed by atoms with E-state index in [4.69, 9.17) is 0 Å². The molecule has 1 heterocycles. The third kappa shape index (κ3) is 3.82. The van der Waals surface area contributed by atoms with E-state index in [1.54, 1.807) is 24.5 Å². The van der Waals surface area contributed by atoms with Gasteiger partial charge in [-0.25, -0.2) is 18.7 Å². The summed E-state index contributed by atoms with van der Waals surface area (Å²) in [5.41, 5.74) is 0.983. The molecule has 0 radical (unpaired) electrons. The van der Waals surface area contributed by atoms with Gasteiger partial charge < -0.3 is 0 Å². The largest absolute Gasteiger partial charge is 0.247 e. The molecule has 1 atom stereocenters. The Morgan fingerprint density at radius 2 is 1.95 bits per heavy atom. The van der Waals surface area contributed by atoms with Crippen molar-refractivity contribution in [1.29, 1.82) is 0 Å². The van der Waals surface area contributed by atoms with Crippen molar-refractivity contribution < 1.29 is 8.78 Å². The highest BCUT2D eigenvalue weighted by atomic mass is 79.9. The smallest absolute Gasteiger partial charge is 0.159 e. The fourth-order valence-electron chi connectivity index (χ4n) is 1.97. The van der Waals surface area contributed by atoms with Gasteiger partial charge in [-0.1, -0.05) is 25.5 Å². The highest BCUT2D eigenvalue weighted by molar-refractivity contribution is 9.10. The number of alkyl halides is 1. The summed E-state index contributed by atoms with van der Waals surface area (Å²) in [6, 6.07) is 4.69. The van der Waals surface area contributed by atoms with Crippen molar-refractivity contribution in [3.63, 3.8) is 0 Å². The quantitative estimate of drug-likeness (QED) is 0.786. The van der Waals surface area contributed by atoms with Crippen molar-refractivity contribution in [2.75, 3.05) is 0 Å². The molecule has 0 spiro atoms. The van der Waals surface area contributed by atoms with Gasteiger partial charge in [-0.05, 0) is 34.0 Å². The van der Waals surface area contributed by atoms with E-state index in [0.29, 0.717) is 23.4 Å². The number of benzene rings is 1. The molecule has 2 rings (SSSR count). The fraction of sp³-hybridized carbons (Fsp3) is 0.333. The van der Waals surface area contributed by atoms with Crippen molar-refractivity contribution in [3.8, 4) is 11.4 Å². The maximum Gasteiger partial charge on any atom is 0.159 e. The van der Waals surface area contributed by atoms with E-state index < -0.39 is 12.0 Å². The molecule has 0 saturated carbocycles. The molecule has 5 heteroatoms. The second-order valence-corrected chi connectivity index (χ2v) is 5.54. The number of hydrogen-bond acceptors (Lipinski definition) is 2. The summed E-state index contributed by atoms with van der Waals surface area (Å²) in [6.07, 6.45) is 3.54. The second-order valence-electron chi connectivity index (χ2n) is 4.62. The van der Waals surface area contributed by atoms with Crippen LogP contribution < -0.4 is 0 Å². The third-order valence-corrected chi connectivity index (χ3v) is 3.38. The highest BCUT2D eigenvalue weighted by Gasteiger charge is 2.12. The Labute approximate surface area is 125 Å². The Bertz CT molecular complexity index is 573. The van der Waals surface area contributed by atoms with Gasteiger partial charge in [0.1, 0.15) is 12.0 Å². The molecule has 0 amide bonds. The number of hydrogen-bond donors (Lipinski definition) is 0. The SMILES string of the molecule is CCCC(F)Cc1ccc(-c2ncc(Br)cn2)cc1F. The Morgan fingerprint density at radius 1 is 1.25 bits per heavy atom. The Hall–Kier alpha value is -1.36. The van der Waals surface area contributed by atoms with E-state index in [1.165, 1.54) is 6.07 Å². The molecule has 0 aliphatic heterocycles. The van der Waals surface area contributed by atoms with Gasteiger partial charge in [0.15, 0.2) is 5.82 Å². The zero-order valence-electron chi connectivity index (χ0n) is 11.1. The highest BCUT2D eigenvalue weighted by Crippen LogP contribution is 2.21. The normalized spacial score (nSPS) is 12.4. The first-order valence-corrected chi connectivity index (χ1v) is 7.30. The molecule has 0 aliphatic rings. The summed E-state index contributed by atoms with van der Waals surface area (Å²) in [6.45, 7) is 1.91.